The first kappa shape index (κ1) is 19.1. The molecular weight excluding hydrogens is 362 g/mol. The minimum Gasteiger partial charge on any atom is -0.354 e. The molecule has 1 aliphatic rings. The molecule has 3 rings (SSSR count). The zero-order chi connectivity index (χ0) is 19.2. The number of benzene rings is 1. The minimum atomic E-state index is -0.401. The summed E-state index contributed by atoms with van der Waals surface area (Å²) in [5.41, 5.74) is 1.14. The summed E-state index contributed by atoms with van der Waals surface area (Å²) >= 11 is 1.37. The van der Waals surface area contributed by atoms with Crippen molar-refractivity contribution in [3.05, 3.63) is 52.2 Å². The summed E-state index contributed by atoms with van der Waals surface area (Å²) < 4.78 is 0. The molecule has 6 nitrogen and oxygen atoms in total. The number of hydrogen-bond donors (Lipinski definition) is 2. The quantitative estimate of drug-likeness (QED) is 0.802. The molecule has 2 aromatic rings. The third-order valence-electron chi connectivity index (χ3n) is 4.50. The molecule has 142 valence electrons. The summed E-state index contributed by atoms with van der Waals surface area (Å²) in [6.45, 7) is 3.20. The zero-order valence-corrected chi connectivity index (χ0v) is 16.1. The van der Waals surface area contributed by atoms with Crippen LogP contribution in [0.4, 0.5) is 5.69 Å². The molecule has 27 heavy (non-hydrogen) atoms. The number of carbonyl (C=O) groups excluding carboxylic acids is 3. The lowest BCUT2D eigenvalue weighted by Gasteiger charge is -2.24. The van der Waals surface area contributed by atoms with Gasteiger partial charge >= 0.3 is 0 Å². The predicted octanol–water partition coefficient (Wildman–Crippen LogP) is 3.13. The number of thiophene rings is 1. The Morgan fingerprint density at radius 2 is 1.96 bits per heavy atom. The van der Waals surface area contributed by atoms with Gasteiger partial charge in [-0.3, -0.25) is 14.4 Å². The smallest absolute Gasteiger partial charge is 0.265 e. The minimum absolute atomic E-state index is 0.0810. The van der Waals surface area contributed by atoms with E-state index >= 15 is 0 Å². The van der Waals surface area contributed by atoms with Crippen molar-refractivity contribution in [1.82, 2.24) is 10.2 Å². The van der Waals surface area contributed by atoms with Crippen molar-refractivity contribution in [2.45, 2.75) is 32.2 Å². The first-order valence-corrected chi connectivity index (χ1v) is 10.0. The summed E-state index contributed by atoms with van der Waals surface area (Å²) in [5, 5.41) is 7.53. The van der Waals surface area contributed by atoms with Crippen molar-refractivity contribution in [3.63, 3.8) is 0 Å². The van der Waals surface area contributed by atoms with E-state index in [1.54, 1.807) is 35.2 Å². The number of amides is 3. The van der Waals surface area contributed by atoms with Crippen LogP contribution in [0.15, 0.2) is 41.8 Å². The Labute approximate surface area is 162 Å². The largest absolute Gasteiger partial charge is 0.354 e. The van der Waals surface area contributed by atoms with Crippen molar-refractivity contribution in [2.24, 2.45) is 0 Å². The SMILES string of the molecule is CCCNC(=O)C1CCCN1C(=O)c1ccc(NC(=O)c2cccs2)cc1. The van der Waals surface area contributed by atoms with E-state index in [2.05, 4.69) is 10.6 Å². The second kappa shape index (κ2) is 8.81. The van der Waals surface area contributed by atoms with Gasteiger partial charge in [0.1, 0.15) is 6.04 Å². The number of rotatable bonds is 6. The van der Waals surface area contributed by atoms with Gasteiger partial charge < -0.3 is 15.5 Å². The maximum absolute atomic E-state index is 12.8. The third kappa shape index (κ3) is 4.54. The second-order valence-corrected chi connectivity index (χ2v) is 7.40. The fourth-order valence-corrected chi connectivity index (χ4v) is 3.73. The van der Waals surface area contributed by atoms with Crippen LogP contribution in [-0.4, -0.2) is 41.8 Å². The standard InChI is InChI=1S/C20H23N3O3S/c1-2-11-21-18(24)16-5-3-12-23(16)20(26)14-7-9-15(10-8-14)22-19(25)17-6-4-13-27-17/h4,6-10,13,16H,2-3,5,11-12H2,1H3,(H,21,24)(H,22,25). The number of anilines is 1. The average Bonchev–Trinajstić information content (AvgIpc) is 3.38. The van der Waals surface area contributed by atoms with Crippen LogP contribution in [0.2, 0.25) is 0 Å². The fraction of sp³-hybridized carbons (Fsp3) is 0.350. The van der Waals surface area contributed by atoms with E-state index in [1.807, 2.05) is 18.4 Å². The molecule has 1 saturated heterocycles. The Morgan fingerprint density at radius 3 is 2.63 bits per heavy atom. The summed E-state index contributed by atoms with van der Waals surface area (Å²) in [6.07, 6.45) is 2.38. The van der Waals surface area contributed by atoms with Crippen LogP contribution in [0.5, 0.6) is 0 Å². The first-order valence-electron chi connectivity index (χ1n) is 9.13. The molecule has 0 aliphatic carbocycles. The molecule has 1 aromatic carbocycles. The zero-order valence-electron chi connectivity index (χ0n) is 15.2. The van der Waals surface area contributed by atoms with Crippen molar-refractivity contribution in [1.29, 1.82) is 0 Å². The van der Waals surface area contributed by atoms with Gasteiger partial charge in [-0.1, -0.05) is 13.0 Å². The molecule has 0 saturated carbocycles. The highest BCUT2D eigenvalue weighted by molar-refractivity contribution is 7.12. The van der Waals surface area contributed by atoms with E-state index in [0.717, 1.165) is 12.8 Å². The molecule has 1 atom stereocenters. The van der Waals surface area contributed by atoms with E-state index < -0.39 is 6.04 Å². The molecule has 7 heteroatoms. The highest BCUT2D eigenvalue weighted by Gasteiger charge is 2.34. The van der Waals surface area contributed by atoms with Crippen molar-refractivity contribution in [2.75, 3.05) is 18.4 Å². The summed E-state index contributed by atoms with van der Waals surface area (Å²) in [5.74, 6) is -0.404. The van der Waals surface area contributed by atoms with Gasteiger partial charge in [-0.2, -0.15) is 0 Å². The maximum atomic E-state index is 12.8. The number of nitrogens with one attached hydrogen (secondary N) is 2. The lowest BCUT2D eigenvalue weighted by atomic mass is 10.1. The topological polar surface area (TPSA) is 78.5 Å². The van der Waals surface area contributed by atoms with E-state index in [4.69, 9.17) is 0 Å². The molecule has 1 aliphatic heterocycles. The molecular formula is C20H23N3O3S. The molecule has 2 N–H and O–H groups in total. The van der Waals surface area contributed by atoms with Crippen LogP contribution in [-0.2, 0) is 4.79 Å². The van der Waals surface area contributed by atoms with E-state index in [0.29, 0.717) is 35.6 Å². The Bertz CT molecular complexity index is 802. The number of carbonyl (C=O) groups is 3. The Balaban J connectivity index is 1.64. The van der Waals surface area contributed by atoms with Gasteiger partial charge in [0.25, 0.3) is 11.8 Å². The first-order chi connectivity index (χ1) is 13.1. The van der Waals surface area contributed by atoms with Gasteiger partial charge in [-0.15, -0.1) is 11.3 Å². The van der Waals surface area contributed by atoms with Crippen LogP contribution < -0.4 is 10.6 Å². The maximum Gasteiger partial charge on any atom is 0.265 e. The lowest BCUT2D eigenvalue weighted by molar-refractivity contribution is -0.124. The highest BCUT2D eigenvalue weighted by atomic mass is 32.1. The van der Waals surface area contributed by atoms with Crippen molar-refractivity contribution in [3.8, 4) is 0 Å². The Morgan fingerprint density at radius 1 is 1.19 bits per heavy atom. The van der Waals surface area contributed by atoms with Crippen molar-refractivity contribution < 1.29 is 14.4 Å². The molecule has 1 aromatic heterocycles. The van der Waals surface area contributed by atoms with Gasteiger partial charge in [0.2, 0.25) is 5.91 Å². The van der Waals surface area contributed by atoms with Crippen molar-refractivity contribution >= 4 is 34.7 Å². The molecule has 2 heterocycles. The van der Waals surface area contributed by atoms with Gasteiger partial charge in [0.05, 0.1) is 4.88 Å². The van der Waals surface area contributed by atoms with Crippen LogP contribution in [0.1, 0.15) is 46.2 Å². The molecule has 0 spiro atoms. The summed E-state index contributed by atoms with van der Waals surface area (Å²) in [4.78, 5) is 39.5. The summed E-state index contributed by atoms with van der Waals surface area (Å²) in [6, 6.07) is 9.97. The van der Waals surface area contributed by atoms with Crippen LogP contribution in [0.25, 0.3) is 0 Å². The monoisotopic (exact) mass is 385 g/mol. The number of hydrogen-bond acceptors (Lipinski definition) is 4. The summed E-state index contributed by atoms with van der Waals surface area (Å²) in [7, 11) is 0. The molecule has 1 unspecified atom stereocenters. The second-order valence-electron chi connectivity index (χ2n) is 6.46. The van der Waals surface area contributed by atoms with Crippen LogP contribution in [0.3, 0.4) is 0 Å². The molecule has 1 fully saturated rings. The molecule has 3 amide bonds. The normalized spacial score (nSPS) is 16.2. The Kier molecular flexibility index (Phi) is 6.24. The fourth-order valence-electron chi connectivity index (χ4n) is 3.11. The molecule has 0 bridgehead atoms. The highest BCUT2D eigenvalue weighted by Crippen LogP contribution is 2.21. The van der Waals surface area contributed by atoms with Crippen LogP contribution in [0, 0.1) is 0 Å². The van der Waals surface area contributed by atoms with Gasteiger partial charge in [-0.25, -0.2) is 0 Å². The van der Waals surface area contributed by atoms with E-state index in [-0.39, 0.29) is 17.7 Å². The lowest BCUT2D eigenvalue weighted by Crippen LogP contribution is -2.46. The number of nitrogens with zero attached hydrogens (tertiary/aromatic N) is 1. The average molecular weight is 385 g/mol. The molecule has 0 radical (unpaired) electrons. The van der Waals surface area contributed by atoms with E-state index in [1.165, 1.54) is 11.3 Å². The Hall–Kier alpha value is -2.67. The van der Waals surface area contributed by atoms with E-state index in [9.17, 15) is 14.4 Å². The predicted molar refractivity (Wildman–Crippen MR) is 106 cm³/mol. The number of likely N-dealkylation sites (tertiary alicyclic amines) is 1. The van der Waals surface area contributed by atoms with Gasteiger partial charge in [0, 0.05) is 24.3 Å². The van der Waals surface area contributed by atoms with Gasteiger partial charge in [-0.05, 0) is 55.0 Å². The van der Waals surface area contributed by atoms with Gasteiger partial charge in [0.15, 0.2) is 0 Å². The van der Waals surface area contributed by atoms with Crippen LogP contribution >= 0.6 is 11.3 Å². The third-order valence-corrected chi connectivity index (χ3v) is 5.37.